The van der Waals surface area contributed by atoms with Crippen LogP contribution in [0.5, 0.6) is 0 Å². The SMILES string of the molecule is CSc1sc(C(C)=O)c(N)c1-[n+]1cc(C)cc(C)c1. The summed E-state index contributed by atoms with van der Waals surface area (Å²) in [7, 11) is 0. The van der Waals surface area contributed by atoms with Gasteiger partial charge in [-0.05, 0) is 26.2 Å². The number of thioether (sulfide) groups is 1. The lowest BCUT2D eigenvalue weighted by atomic mass is 10.2. The highest BCUT2D eigenvalue weighted by Gasteiger charge is 2.26. The van der Waals surface area contributed by atoms with E-state index in [-0.39, 0.29) is 5.78 Å². The molecule has 2 rings (SSSR count). The first-order valence-corrected chi connectivity index (χ1v) is 7.95. The number of carbonyl (C=O) groups excluding carboxylic acids is 1. The maximum atomic E-state index is 11.6. The number of ketones is 1. The standard InChI is InChI=1S/C14H16N2OS2/c1-8-5-9(2)7-16(6-8)12-11(15)13(10(3)17)19-14(12)18-4/h5-7H,1-4H3,(H-,15,17)/p+1. The van der Waals surface area contributed by atoms with Crippen LogP contribution in [0.3, 0.4) is 0 Å². The number of nitrogens with zero attached hydrogens (tertiary/aromatic N) is 1. The highest BCUT2D eigenvalue weighted by Crippen LogP contribution is 2.37. The Kier molecular flexibility index (Phi) is 3.96. The van der Waals surface area contributed by atoms with Crippen LogP contribution in [-0.4, -0.2) is 12.0 Å². The van der Waals surface area contributed by atoms with Crippen LogP contribution in [0, 0.1) is 13.8 Å². The lowest BCUT2D eigenvalue weighted by molar-refractivity contribution is -0.597. The first-order chi connectivity index (χ1) is 8.93. The van der Waals surface area contributed by atoms with Crippen molar-refractivity contribution >= 4 is 34.6 Å². The van der Waals surface area contributed by atoms with Gasteiger partial charge in [0.25, 0.3) is 5.69 Å². The van der Waals surface area contributed by atoms with Crippen molar-refractivity contribution in [3.8, 4) is 5.69 Å². The first kappa shape index (κ1) is 14.1. The number of hydrogen-bond acceptors (Lipinski definition) is 4. The molecule has 0 spiro atoms. The molecule has 0 saturated heterocycles. The van der Waals surface area contributed by atoms with Gasteiger partial charge in [0, 0.05) is 18.1 Å². The lowest BCUT2D eigenvalue weighted by Crippen LogP contribution is -2.32. The number of carbonyl (C=O) groups is 1. The van der Waals surface area contributed by atoms with Crippen molar-refractivity contribution in [3.63, 3.8) is 0 Å². The van der Waals surface area contributed by atoms with Gasteiger partial charge in [-0.3, -0.25) is 4.79 Å². The lowest BCUT2D eigenvalue weighted by Gasteiger charge is -2.00. The summed E-state index contributed by atoms with van der Waals surface area (Å²) in [6.07, 6.45) is 6.08. The van der Waals surface area contributed by atoms with Crippen LogP contribution in [0.15, 0.2) is 22.7 Å². The highest BCUT2D eigenvalue weighted by atomic mass is 32.2. The third kappa shape index (κ3) is 2.67. The second-order valence-electron chi connectivity index (χ2n) is 4.54. The van der Waals surface area contributed by atoms with Crippen molar-refractivity contribution in [1.82, 2.24) is 0 Å². The minimum absolute atomic E-state index is 0.0222. The molecule has 0 aliphatic carbocycles. The first-order valence-electron chi connectivity index (χ1n) is 5.91. The molecule has 0 fully saturated rings. The molecule has 2 heterocycles. The summed E-state index contributed by atoms with van der Waals surface area (Å²) in [5.41, 5.74) is 10.0. The average Bonchev–Trinajstić information content (AvgIpc) is 2.65. The minimum atomic E-state index is 0.0222. The molecule has 0 aliphatic heterocycles. The second-order valence-corrected chi connectivity index (χ2v) is 6.63. The summed E-state index contributed by atoms with van der Waals surface area (Å²) in [4.78, 5) is 12.3. The van der Waals surface area contributed by atoms with Crippen LogP contribution in [0.1, 0.15) is 27.7 Å². The molecular formula is C14H17N2OS2+. The van der Waals surface area contributed by atoms with E-state index in [1.165, 1.54) is 22.5 Å². The van der Waals surface area contributed by atoms with Crippen molar-refractivity contribution < 1.29 is 9.36 Å². The number of thiophene rings is 1. The predicted molar refractivity (Wildman–Crippen MR) is 81.5 cm³/mol. The van der Waals surface area contributed by atoms with Crippen LogP contribution in [0.4, 0.5) is 5.69 Å². The number of aryl methyl sites for hydroxylation is 2. The van der Waals surface area contributed by atoms with E-state index >= 15 is 0 Å². The maximum Gasteiger partial charge on any atom is 0.259 e. The maximum absolute atomic E-state index is 11.6. The van der Waals surface area contributed by atoms with Crippen molar-refractivity contribution in [2.24, 2.45) is 0 Å². The quantitative estimate of drug-likeness (QED) is 0.537. The fraction of sp³-hybridized carbons (Fsp3) is 0.286. The van der Waals surface area contributed by atoms with Crippen LogP contribution < -0.4 is 10.3 Å². The molecule has 5 heteroatoms. The van der Waals surface area contributed by atoms with Crippen LogP contribution >= 0.6 is 23.1 Å². The van der Waals surface area contributed by atoms with Gasteiger partial charge in [0.05, 0.1) is 0 Å². The summed E-state index contributed by atoms with van der Waals surface area (Å²) in [6.45, 7) is 5.66. The minimum Gasteiger partial charge on any atom is -0.392 e. The monoisotopic (exact) mass is 293 g/mol. The zero-order valence-corrected chi connectivity index (χ0v) is 13.1. The highest BCUT2D eigenvalue weighted by molar-refractivity contribution is 8.00. The molecule has 2 aromatic rings. The zero-order chi connectivity index (χ0) is 14.2. The fourth-order valence-corrected chi connectivity index (χ4v) is 3.94. The number of anilines is 1. The number of nitrogen functional groups attached to an aromatic ring is 1. The summed E-state index contributed by atoms with van der Waals surface area (Å²) < 4.78 is 3.09. The molecular weight excluding hydrogens is 276 g/mol. The topological polar surface area (TPSA) is 47.0 Å². The Morgan fingerprint density at radius 3 is 2.37 bits per heavy atom. The van der Waals surface area contributed by atoms with E-state index in [0.29, 0.717) is 10.6 Å². The number of hydrogen-bond donors (Lipinski definition) is 1. The van der Waals surface area contributed by atoms with Crippen LogP contribution in [0.25, 0.3) is 5.69 Å². The van der Waals surface area contributed by atoms with Gasteiger partial charge in [0.1, 0.15) is 14.8 Å². The normalized spacial score (nSPS) is 10.7. The third-order valence-corrected chi connectivity index (χ3v) is 5.20. The van der Waals surface area contributed by atoms with Crippen LogP contribution in [-0.2, 0) is 0 Å². The molecule has 0 bridgehead atoms. The molecule has 0 saturated carbocycles. The second kappa shape index (κ2) is 5.35. The predicted octanol–water partition coefficient (Wildman–Crippen LogP) is 3.15. The molecule has 0 atom stereocenters. The molecule has 100 valence electrons. The van der Waals surface area contributed by atoms with Gasteiger partial charge in [-0.25, -0.2) is 0 Å². The van der Waals surface area contributed by atoms with Crippen molar-refractivity contribution in [3.05, 3.63) is 34.5 Å². The Balaban J connectivity index is 2.70. The van der Waals surface area contributed by atoms with E-state index in [2.05, 4.69) is 19.9 Å². The van der Waals surface area contributed by atoms with Gasteiger partial charge >= 0.3 is 0 Å². The Morgan fingerprint density at radius 2 is 1.89 bits per heavy atom. The van der Waals surface area contributed by atoms with Gasteiger partial charge in [0.2, 0.25) is 0 Å². The van der Waals surface area contributed by atoms with E-state index in [0.717, 1.165) is 9.90 Å². The Labute approximate surface area is 121 Å². The summed E-state index contributed by atoms with van der Waals surface area (Å²) in [5, 5.41) is 0. The molecule has 0 amide bonds. The molecule has 2 aromatic heterocycles. The molecule has 2 N–H and O–H groups in total. The van der Waals surface area contributed by atoms with Crippen molar-refractivity contribution in [1.29, 1.82) is 0 Å². The van der Waals surface area contributed by atoms with E-state index in [1.807, 2.05) is 23.2 Å². The Hall–Kier alpha value is -1.33. The zero-order valence-electron chi connectivity index (χ0n) is 11.5. The number of rotatable bonds is 3. The number of aromatic nitrogens is 1. The molecule has 0 aromatic carbocycles. The van der Waals surface area contributed by atoms with Gasteiger partial charge in [0.15, 0.2) is 18.2 Å². The number of Topliss-reactive ketones (excluding diaryl/α,β-unsaturated/α-hetero) is 1. The third-order valence-electron chi connectivity index (χ3n) is 2.79. The largest absolute Gasteiger partial charge is 0.392 e. The Bertz CT molecular complexity index is 627. The van der Waals surface area contributed by atoms with E-state index in [9.17, 15) is 4.79 Å². The molecule has 0 unspecified atom stereocenters. The Morgan fingerprint density at radius 1 is 1.32 bits per heavy atom. The molecule has 19 heavy (non-hydrogen) atoms. The number of nitrogens with two attached hydrogens (primary N) is 1. The van der Waals surface area contributed by atoms with E-state index in [4.69, 9.17) is 5.73 Å². The summed E-state index contributed by atoms with van der Waals surface area (Å²) in [5.74, 6) is 0.0222. The molecule has 3 nitrogen and oxygen atoms in total. The van der Waals surface area contributed by atoms with E-state index < -0.39 is 0 Å². The fourth-order valence-electron chi connectivity index (χ4n) is 2.10. The number of pyridine rings is 1. The van der Waals surface area contributed by atoms with Gasteiger partial charge < -0.3 is 5.73 Å². The van der Waals surface area contributed by atoms with Crippen LogP contribution in [0.2, 0.25) is 0 Å². The average molecular weight is 293 g/mol. The molecule has 0 aliphatic rings. The molecule has 0 radical (unpaired) electrons. The van der Waals surface area contributed by atoms with Crippen molar-refractivity contribution in [2.75, 3.05) is 12.0 Å². The summed E-state index contributed by atoms with van der Waals surface area (Å²) in [6, 6.07) is 2.11. The van der Waals surface area contributed by atoms with E-state index in [1.54, 1.807) is 18.7 Å². The van der Waals surface area contributed by atoms with Gasteiger partial charge in [-0.1, -0.05) is 0 Å². The van der Waals surface area contributed by atoms with Gasteiger partial charge in [-0.15, -0.1) is 23.1 Å². The smallest absolute Gasteiger partial charge is 0.259 e. The van der Waals surface area contributed by atoms with Gasteiger partial charge in [-0.2, -0.15) is 4.57 Å². The summed E-state index contributed by atoms with van der Waals surface area (Å²) >= 11 is 3.09. The van der Waals surface area contributed by atoms with Crippen molar-refractivity contribution in [2.45, 2.75) is 25.0 Å².